The van der Waals surface area contributed by atoms with Crippen LogP contribution in [-0.4, -0.2) is 29.8 Å². The van der Waals surface area contributed by atoms with Gasteiger partial charge in [-0.1, -0.05) is 12.2 Å². The Bertz CT molecular complexity index is 369. The molecule has 2 N–H and O–H groups in total. The molecule has 0 aliphatic carbocycles. The predicted molar refractivity (Wildman–Crippen MR) is 66.8 cm³/mol. The lowest BCUT2D eigenvalue weighted by Crippen LogP contribution is -2.16. The van der Waals surface area contributed by atoms with Gasteiger partial charge in [0.25, 0.3) is 0 Å². The summed E-state index contributed by atoms with van der Waals surface area (Å²) in [5.41, 5.74) is 7.30. The van der Waals surface area contributed by atoms with Crippen molar-refractivity contribution in [3.8, 4) is 5.88 Å². The van der Waals surface area contributed by atoms with Crippen LogP contribution < -0.4 is 10.5 Å². The fourth-order valence-electron chi connectivity index (χ4n) is 1.28. The molecular weight excluding hydrogens is 224 g/mol. The lowest BCUT2D eigenvalue weighted by Gasteiger charge is -2.11. The van der Waals surface area contributed by atoms with Crippen molar-refractivity contribution >= 4 is 17.2 Å². The highest BCUT2D eigenvalue weighted by molar-refractivity contribution is 7.80. The van der Waals surface area contributed by atoms with Gasteiger partial charge in [-0.05, 0) is 25.5 Å². The molecule has 0 saturated heterocycles. The molecule has 0 saturated carbocycles. The van der Waals surface area contributed by atoms with Gasteiger partial charge in [-0.15, -0.1) is 0 Å². The summed E-state index contributed by atoms with van der Waals surface area (Å²) in [5.74, 6) is 0.479. The minimum atomic E-state index is 0.303. The number of ether oxygens (including phenoxy) is 2. The fraction of sp³-hybridized carbons (Fsp3) is 0.455. The Kier molecular flexibility index (Phi) is 5.14. The van der Waals surface area contributed by atoms with Crippen molar-refractivity contribution in [3.05, 3.63) is 23.4 Å². The first kappa shape index (κ1) is 12.9. The number of pyridine rings is 1. The van der Waals surface area contributed by atoms with Crippen LogP contribution in [0.3, 0.4) is 0 Å². The van der Waals surface area contributed by atoms with E-state index in [1.807, 2.05) is 19.9 Å². The van der Waals surface area contributed by atoms with Gasteiger partial charge in [0.15, 0.2) is 0 Å². The third kappa shape index (κ3) is 3.43. The summed E-state index contributed by atoms with van der Waals surface area (Å²) in [6.07, 6.45) is 1.67. The largest absolute Gasteiger partial charge is 0.475 e. The van der Waals surface area contributed by atoms with E-state index in [0.717, 1.165) is 5.56 Å². The zero-order valence-corrected chi connectivity index (χ0v) is 10.3. The molecule has 1 rings (SSSR count). The van der Waals surface area contributed by atoms with Crippen molar-refractivity contribution in [1.82, 2.24) is 4.98 Å². The van der Waals surface area contributed by atoms with Crippen LogP contribution in [0.15, 0.2) is 12.3 Å². The number of hydrogen-bond donors (Lipinski definition) is 1. The molecule has 0 aliphatic heterocycles. The molecule has 0 bridgehead atoms. The molecule has 88 valence electrons. The standard InChI is InChI=1S/C11H16N2O2S/c1-3-14-6-7-15-11-9(10(12)16)8(2)4-5-13-11/h4-5H,3,6-7H2,1-2H3,(H2,12,16). The number of hydrogen-bond acceptors (Lipinski definition) is 4. The molecule has 1 aromatic rings. The first-order chi connectivity index (χ1) is 7.66. The average molecular weight is 240 g/mol. The number of rotatable bonds is 6. The molecule has 0 unspecified atom stereocenters. The van der Waals surface area contributed by atoms with Gasteiger partial charge in [0.05, 0.1) is 12.2 Å². The second kappa shape index (κ2) is 6.40. The van der Waals surface area contributed by atoms with Gasteiger partial charge < -0.3 is 15.2 Å². The summed E-state index contributed by atoms with van der Waals surface area (Å²) in [6, 6.07) is 1.85. The van der Waals surface area contributed by atoms with Crippen molar-refractivity contribution in [3.63, 3.8) is 0 Å². The topological polar surface area (TPSA) is 57.4 Å². The third-order valence-corrected chi connectivity index (χ3v) is 2.25. The number of aromatic nitrogens is 1. The Balaban J connectivity index is 2.71. The van der Waals surface area contributed by atoms with Crippen LogP contribution in [0.5, 0.6) is 5.88 Å². The van der Waals surface area contributed by atoms with Crippen molar-refractivity contribution in [2.75, 3.05) is 19.8 Å². The van der Waals surface area contributed by atoms with E-state index in [2.05, 4.69) is 4.98 Å². The molecule has 0 fully saturated rings. The Hall–Kier alpha value is -1.20. The highest BCUT2D eigenvalue weighted by Crippen LogP contribution is 2.18. The first-order valence-electron chi connectivity index (χ1n) is 5.12. The SMILES string of the molecule is CCOCCOc1nccc(C)c1C(N)=S. The number of aryl methyl sites for hydroxylation is 1. The Morgan fingerprint density at radius 1 is 1.50 bits per heavy atom. The van der Waals surface area contributed by atoms with Gasteiger partial charge in [-0.2, -0.15) is 0 Å². The zero-order valence-electron chi connectivity index (χ0n) is 9.53. The van der Waals surface area contributed by atoms with Crippen LogP contribution in [0.4, 0.5) is 0 Å². The summed E-state index contributed by atoms with van der Waals surface area (Å²) >= 11 is 4.97. The molecule has 0 atom stereocenters. The van der Waals surface area contributed by atoms with Gasteiger partial charge in [-0.25, -0.2) is 4.98 Å². The lowest BCUT2D eigenvalue weighted by molar-refractivity contribution is 0.108. The summed E-state index contributed by atoms with van der Waals surface area (Å²) in [5, 5.41) is 0. The zero-order chi connectivity index (χ0) is 12.0. The highest BCUT2D eigenvalue weighted by atomic mass is 32.1. The molecule has 0 aromatic carbocycles. The molecule has 1 heterocycles. The number of nitrogens with two attached hydrogens (primary N) is 1. The minimum Gasteiger partial charge on any atom is -0.475 e. The van der Waals surface area contributed by atoms with Crippen LogP contribution in [0.1, 0.15) is 18.1 Å². The van der Waals surface area contributed by atoms with Gasteiger partial charge in [0.1, 0.15) is 11.6 Å². The maximum Gasteiger partial charge on any atom is 0.224 e. The molecule has 5 heteroatoms. The minimum absolute atomic E-state index is 0.303. The summed E-state index contributed by atoms with van der Waals surface area (Å²) in [4.78, 5) is 4.42. The molecule has 0 amide bonds. The molecule has 0 spiro atoms. The average Bonchev–Trinajstić information content (AvgIpc) is 2.24. The van der Waals surface area contributed by atoms with Crippen LogP contribution in [0.25, 0.3) is 0 Å². The van der Waals surface area contributed by atoms with Gasteiger partial charge in [0, 0.05) is 12.8 Å². The van der Waals surface area contributed by atoms with E-state index in [9.17, 15) is 0 Å². The molecule has 16 heavy (non-hydrogen) atoms. The van der Waals surface area contributed by atoms with E-state index in [-0.39, 0.29) is 0 Å². The number of thiocarbonyl (C=S) groups is 1. The van der Waals surface area contributed by atoms with E-state index in [0.29, 0.717) is 36.3 Å². The van der Waals surface area contributed by atoms with Crippen molar-refractivity contribution in [2.24, 2.45) is 5.73 Å². The van der Waals surface area contributed by atoms with Crippen LogP contribution in [0.2, 0.25) is 0 Å². The molecule has 0 aliphatic rings. The first-order valence-corrected chi connectivity index (χ1v) is 5.53. The summed E-state index contributed by atoms with van der Waals surface area (Å²) in [7, 11) is 0. The van der Waals surface area contributed by atoms with E-state index in [4.69, 9.17) is 27.4 Å². The van der Waals surface area contributed by atoms with Crippen LogP contribution in [0, 0.1) is 6.92 Å². The van der Waals surface area contributed by atoms with Crippen LogP contribution >= 0.6 is 12.2 Å². The quantitative estimate of drug-likeness (QED) is 0.602. The van der Waals surface area contributed by atoms with Crippen molar-refractivity contribution in [2.45, 2.75) is 13.8 Å². The van der Waals surface area contributed by atoms with E-state index >= 15 is 0 Å². The van der Waals surface area contributed by atoms with E-state index in [1.165, 1.54) is 0 Å². The monoisotopic (exact) mass is 240 g/mol. The predicted octanol–water partition coefficient (Wildman–Crippen LogP) is 1.44. The van der Waals surface area contributed by atoms with Crippen molar-refractivity contribution < 1.29 is 9.47 Å². The Morgan fingerprint density at radius 3 is 2.88 bits per heavy atom. The summed E-state index contributed by atoms with van der Waals surface area (Å²) < 4.78 is 10.6. The second-order valence-corrected chi connectivity index (χ2v) is 3.66. The fourth-order valence-corrected chi connectivity index (χ4v) is 1.53. The maximum absolute atomic E-state index is 5.63. The third-order valence-electron chi connectivity index (χ3n) is 2.04. The van der Waals surface area contributed by atoms with Crippen molar-refractivity contribution in [1.29, 1.82) is 0 Å². The second-order valence-electron chi connectivity index (χ2n) is 3.22. The molecule has 4 nitrogen and oxygen atoms in total. The maximum atomic E-state index is 5.63. The molecular formula is C11H16N2O2S. The van der Waals surface area contributed by atoms with Gasteiger partial charge >= 0.3 is 0 Å². The summed E-state index contributed by atoms with van der Waals surface area (Å²) in [6.45, 7) is 5.51. The van der Waals surface area contributed by atoms with Crippen LogP contribution in [-0.2, 0) is 4.74 Å². The molecule has 1 aromatic heterocycles. The Morgan fingerprint density at radius 2 is 2.25 bits per heavy atom. The lowest BCUT2D eigenvalue weighted by atomic mass is 10.1. The van der Waals surface area contributed by atoms with Gasteiger partial charge in [-0.3, -0.25) is 0 Å². The smallest absolute Gasteiger partial charge is 0.224 e. The number of nitrogens with zero attached hydrogens (tertiary/aromatic N) is 1. The van der Waals surface area contributed by atoms with E-state index < -0.39 is 0 Å². The van der Waals surface area contributed by atoms with E-state index in [1.54, 1.807) is 6.20 Å². The normalized spacial score (nSPS) is 10.1. The Labute approximate surface area is 101 Å². The molecule has 0 radical (unpaired) electrons. The van der Waals surface area contributed by atoms with Gasteiger partial charge in [0.2, 0.25) is 5.88 Å². The highest BCUT2D eigenvalue weighted by Gasteiger charge is 2.10.